The number of hydrogen-bond donors (Lipinski definition) is 2. The molecule has 10 heteroatoms. The summed E-state index contributed by atoms with van der Waals surface area (Å²) in [6.45, 7) is 7.02. The van der Waals surface area contributed by atoms with Gasteiger partial charge in [0.1, 0.15) is 5.75 Å². The number of sulfonamides is 1. The second kappa shape index (κ2) is 11.7. The van der Waals surface area contributed by atoms with Crippen LogP contribution in [0.5, 0.6) is 5.75 Å². The molecule has 1 fully saturated rings. The molecule has 0 unspecified atom stereocenters. The summed E-state index contributed by atoms with van der Waals surface area (Å²) in [6, 6.07) is 19.4. The SMILES string of the molecule is CCOc1ccccc1-c1ccc(N2CCNC[C@H]2CC)c(CNS(=O)(=O)c2ccccc2[N+](=O)[O-])c1. The first-order valence-corrected chi connectivity index (χ1v) is 13.9. The van der Waals surface area contributed by atoms with Crippen LogP contribution in [-0.2, 0) is 16.6 Å². The number of benzene rings is 3. The van der Waals surface area contributed by atoms with E-state index < -0.39 is 20.6 Å². The van der Waals surface area contributed by atoms with E-state index in [1.165, 1.54) is 24.3 Å². The zero-order valence-electron chi connectivity index (χ0n) is 21.0. The number of nitro groups is 1. The first kappa shape index (κ1) is 26.6. The molecule has 1 aliphatic heterocycles. The number of nitrogens with zero attached hydrogens (tertiary/aromatic N) is 2. The van der Waals surface area contributed by atoms with Crippen LogP contribution < -0.4 is 19.7 Å². The standard InChI is InChI=1S/C27H32N4O5S/c1-3-22-19-28-15-16-30(22)24-14-13-20(23-9-5-7-11-26(23)36-4-2)17-21(24)18-29-37(34,35)27-12-8-6-10-25(27)31(32)33/h5-14,17,22,28-29H,3-4,15-16,18-19H2,1-2H3/t22-/m1/s1. The molecule has 0 aliphatic carbocycles. The lowest BCUT2D eigenvalue weighted by atomic mass is 9.99. The molecule has 4 rings (SSSR count). The maximum absolute atomic E-state index is 13.2. The van der Waals surface area contributed by atoms with Crippen LogP contribution in [0.1, 0.15) is 25.8 Å². The molecule has 37 heavy (non-hydrogen) atoms. The molecule has 2 N–H and O–H groups in total. The van der Waals surface area contributed by atoms with Crippen molar-refractivity contribution in [1.82, 2.24) is 10.0 Å². The quantitative estimate of drug-likeness (QED) is 0.300. The topological polar surface area (TPSA) is 114 Å². The van der Waals surface area contributed by atoms with Crippen molar-refractivity contribution in [2.24, 2.45) is 0 Å². The van der Waals surface area contributed by atoms with Gasteiger partial charge in [0.25, 0.3) is 5.69 Å². The van der Waals surface area contributed by atoms with Crippen LogP contribution in [0.25, 0.3) is 11.1 Å². The highest BCUT2D eigenvalue weighted by atomic mass is 32.2. The second-order valence-electron chi connectivity index (χ2n) is 8.78. The van der Waals surface area contributed by atoms with E-state index in [9.17, 15) is 18.5 Å². The molecule has 196 valence electrons. The maximum atomic E-state index is 13.2. The van der Waals surface area contributed by atoms with Gasteiger partial charge >= 0.3 is 0 Å². The van der Waals surface area contributed by atoms with Gasteiger partial charge in [-0.3, -0.25) is 10.1 Å². The van der Waals surface area contributed by atoms with Crippen LogP contribution in [0.3, 0.4) is 0 Å². The molecule has 0 amide bonds. The zero-order valence-corrected chi connectivity index (χ0v) is 21.8. The minimum atomic E-state index is -4.14. The molecule has 1 aliphatic rings. The number of anilines is 1. The van der Waals surface area contributed by atoms with Crippen molar-refractivity contribution < 1.29 is 18.1 Å². The number of hydrogen-bond acceptors (Lipinski definition) is 7. The summed E-state index contributed by atoms with van der Waals surface area (Å²) in [5, 5.41) is 14.9. The molecular formula is C27H32N4O5S. The van der Waals surface area contributed by atoms with E-state index in [1.54, 1.807) is 0 Å². The van der Waals surface area contributed by atoms with Crippen LogP contribution >= 0.6 is 0 Å². The predicted molar refractivity (Wildman–Crippen MR) is 144 cm³/mol. The molecule has 9 nitrogen and oxygen atoms in total. The number of ether oxygens (including phenoxy) is 1. The fourth-order valence-corrected chi connectivity index (χ4v) is 5.87. The van der Waals surface area contributed by atoms with Crippen LogP contribution in [0.4, 0.5) is 11.4 Å². The Kier molecular flexibility index (Phi) is 8.42. The lowest BCUT2D eigenvalue weighted by molar-refractivity contribution is -0.387. The van der Waals surface area contributed by atoms with Crippen LogP contribution in [-0.4, -0.2) is 45.6 Å². The molecule has 0 aromatic heterocycles. The van der Waals surface area contributed by atoms with Crippen LogP contribution in [0.2, 0.25) is 0 Å². The van der Waals surface area contributed by atoms with E-state index in [-0.39, 0.29) is 17.5 Å². The lowest BCUT2D eigenvalue weighted by Gasteiger charge is -2.39. The molecule has 1 atom stereocenters. The van der Waals surface area contributed by atoms with E-state index in [0.717, 1.165) is 54.2 Å². The number of rotatable bonds is 10. The van der Waals surface area contributed by atoms with Gasteiger partial charge in [0, 0.05) is 49.5 Å². The minimum absolute atomic E-state index is 0.0191. The second-order valence-corrected chi connectivity index (χ2v) is 10.5. The monoisotopic (exact) mass is 524 g/mol. The summed E-state index contributed by atoms with van der Waals surface area (Å²) in [5.74, 6) is 0.748. The van der Waals surface area contributed by atoms with E-state index in [1.807, 2.05) is 49.4 Å². The Morgan fingerprint density at radius 3 is 2.62 bits per heavy atom. The fraction of sp³-hybridized carbons (Fsp3) is 0.333. The molecule has 1 heterocycles. The average Bonchev–Trinajstić information content (AvgIpc) is 2.92. The highest BCUT2D eigenvalue weighted by molar-refractivity contribution is 7.89. The summed E-state index contributed by atoms with van der Waals surface area (Å²) in [5.41, 5.74) is 3.08. The highest BCUT2D eigenvalue weighted by Gasteiger charge is 2.27. The van der Waals surface area contributed by atoms with Crippen LogP contribution in [0, 0.1) is 10.1 Å². The predicted octanol–water partition coefficient (Wildman–Crippen LogP) is 4.33. The average molecular weight is 525 g/mol. The third kappa shape index (κ3) is 5.93. The fourth-order valence-electron chi connectivity index (χ4n) is 4.69. The number of nitrogens with one attached hydrogen (secondary N) is 2. The Morgan fingerprint density at radius 2 is 1.86 bits per heavy atom. The van der Waals surface area contributed by atoms with Gasteiger partial charge in [-0.2, -0.15) is 0 Å². The summed E-state index contributed by atoms with van der Waals surface area (Å²) < 4.78 is 34.8. The third-order valence-corrected chi connectivity index (χ3v) is 7.96. The molecule has 3 aromatic rings. The van der Waals surface area contributed by atoms with E-state index >= 15 is 0 Å². The molecule has 0 radical (unpaired) electrons. The first-order valence-electron chi connectivity index (χ1n) is 12.4. The van der Waals surface area contributed by atoms with E-state index in [2.05, 4.69) is 21.9 Å². The Hall–Kier alpha value is -3.47. The van der Waals surface area contributed by atoms with Gasteiger partial charge in [0.2, 0.25) is 10.0 Å². The molecular weight excluding hydrogens is 492 g/mol. The lowest BCUT2D eigenvalue weighted by Crippen LogP contribution is -2.51. The van der Waals surface area contributed by atoms with Crippen molar-refractivity contribution in [3.8, 4) is 16.9 Å². The Bertz CT molecular complexity index is 1360. The molecule has 0 saturated carbocycles. The minimum Gasteiger partial charge on any atom is -0.493 e. The maximum Gasteiger partial charge on any atom is 0.289 e. The van der Waals surface area contributed by atoms with Gasteiger partial charge in [-0.15, -0.1) is 0 Å². The Morgan fingerprint density at radius 1 is 1.11 bits per heavy atom. The Balaban J connectivity index is 1.74. The van der Waals surface area contributed by atoms with Gasteiger partial charge in [0.05, 0.1) is 11.5 Å². The molecule has 1 saturated heterocycles. The van der Waals surface area contributed by atoms with Gasteiger partial charge < -0.3 is 15.0 Å². The molecule has 3 aromatic carbocycles. The number of piperazine rings is 1. The zero-order chi connectivity index (χ0) is 26.4. The van der Waals surface area contributed by atoms with Crippen molar-refractivity contribution in [3.05, 3.63) is 82.4 Å². The Labute approximate surface area is 217 Å². The van der Waals surface area contributed by atoms with Crippen molar-refractivity contribution in [3.63, 3.8) is 0 Å². The summed E-state index contributed by atoms with van der Waals surface area (Å²) in [4.78, 5) is 12.7. The normalized spacial score (nSPS) is 15.9. The third-order valence-electron chi connectivity index (χ3n) is 6.51. The molecule has 0 bridgehead atoms. The van der Waals surface area contributed by atoms with E-state index in [0.29, 0.717) is 6.61 Å². The molecule has 0 spiro atoms. The largest absolute Gasteiger partial charge is 0.493 e. The van der Waals surface area contributed by atoms with Crippen molar-refractivity contribution in [1.29, 1.82) is 0 Å². The number of para-hydroxylation sites is 2. The van der Waals surface area contributed by atoms with Crippen molar-refractivity contribution >= 4 is 21.4 Å². The van der Waals surface area contributed by atoms with Gasteiger partial charge in [0.15, 0.2) is 4.90 Å². The van der Waals surface area contributed by atoms with Crippen LogP contribution in [0.15, 0.2) is 71.6 Å². The highest BCUT2D eigenvalue weighted by Crippen LogP contribution is 2.35. The summed E-state index contributed by atoms with van der Waals surface area (Å²) >= 11 is 0. The van der Waals surface area contributed by atoms with Gasteiger partial charge in [-0.05, 0) is 48.7 Å². The van der Waals surface area contributed by atoms with E-state index in [4.69, 9.17) is 4.74 Å². The summed E-state index contributed by atoms with van der Waals surface area (Å²) in [6.07, 6.45) is 0.934. The smallest absolute Gasteiger partial charge is 0.289 e. The van der Waals surface area contributed by atoms with Gasteiger partial charge in [-0.25, -0.2) is 13.1 Å². The van der Waals surface area contributed by atoms with Gasteiger partial charge in [-0.1, -0.05) is 43.3 Å². The summed E-state index contributed by atoms with van der Waals surface area (Å²) in [7, 11) is -4.14. The first-order chi connectivity index (χ1) is 17.9. The number of nitro benzene ring substituents is 1. The van der Waals surface area contributed by atoms with Crippen molar-refractivity contribution in [2.45, 2.75) is 37.8 Å². The van der Waals surface area contributed by atoms with Crippen molar-refractivity contribution in [2.75, 3.05) is 31.1 Å².